The van der Waals surface area contributed by atoms with Crippen LogP contribution >= 0.6 is 0 Å². The number of benzene rings is 1. The van der Waals surface area contributed by atoms with Crippen LogP contribution in [0.1, 0.15) is 75.8 Å². The highest BCUT2D eigenvalue weighted by atomic mass is 16.6. The third kappa shape index (κ3) is 5.59. The molecule has 2 aromatic heterocycles. The molecule has 0 saturated carbocycles. The first-order valence-corrected chi connectivity index (χ1v) is 15.2. The van der Waals surface area contributed by atoms with Crippen molar-refractivity contribution < 1.29 is 19.1 Å². The number of likely N-dealkylation sites (tertiary alicyclic amines) is 1. The Morgan fingerprint density at radius 2 is 1.90 bits per heavy atom. The van der Waals surface area contributed by atoms with Gasteiger partial charge in [-0.05, 0) is 101 Å². The Morgan fingerprint density at radius 1 is 1.10 bits per heavy atom. The standard InChI is InChI=1S/C33H43N5O4/c1-21-17-34-29-25(21)16-24(18-35-29)23-14-22-9-11-36(30(39)37-12-13-41-33(5,6)20-37)19-27(22)26(15-23)28-8-7-10-38(28)31(40)42-32(2,3)4/h14-18,28H,7-13,19-20H2,1-6H3,(H,34,35). The second kappa shape index (κ2) is 10.6. The van der Waals surface area contributed by atoms with Crippen LogP contribution in [-0.2, 0) is 22.4 Å². The van der Waals surface area contributed by atoms with E-state index in [9.17, 15) is 9.59 Å². The zero-order valence-corrected chi connectivity index (χ0v) is 25.7. The van der Waals surface area contributed by atoms with Gasteiger partial charge in [0.15, 0.2) is 0 Å². The lowest BCUT2D eigenvalue weighted by atomic mass is 9.87. The highest BCUT2D eigenvalue weighted by molar-refractivity contribution is 5.85. The number of hydrogen-bond donors (Lipinski definition) is 1. The van der Waals surface area contributed by atoms with Crippen molar-refractivity contribution in [1.29, 1.82) is 0 Å². The fourth-order valence-corrected chi connectivity index (χ4v) is 6.63. The first kappa shape index (κ1) is 28.5. The molecular formula is C33H43N5O4. The molecule has 3 amide bonds. The first-order valence-electron chi connectivity index (χ1n) is 15.2. The zero-order valence-electron chi connectivity index (χ0n) is 25.7. The molecular weight excluding hydrogens is 530 g/mol. The highest BCUT2D eigenvalue weighted by Crippen LogP contribution is 2.40. The summed E-state index contributed by atoms with van der Waals surface area (Å²) in [7, 11) is 0. The Kier molecular flexibility index (Phi) is 7.20. The van der Waals surface area contributed by atoms with Crippen LogP contribution in [0.15, 0.2) is 30.6 Å². The van der Waals surface area contributed by atoms with Gasteiger partial charge in [0.2, 0.25) is 0 Å². The van der Waals surface area contributed by atoms with Gasteiger partial charge in [0.05, 0.1) is 24.8 Å². The van der Waals surface area contributed by atoms with Gasteiger partial charge in [-0.15, -0.1) is 0 Å². The minimum absolute atomic E-state index is 0.0556. The second-order valence-electron chi connectivity index (χ2n) is 13.6. The van der Waals surface area contributed by atoms with E-state index in [0.29, 0.717) is 39.3 Å². The molecule has 9 heteroatoms. The van der Waals surface area contributed by atoms with E-state index in [1.165, 1.54) is 5.56 Å². The fourth-order valence-electron chi connectivity index (χ4n) is 6.63. The van der Waals surface area contributed by atoms with Gasteiger partial charge < -0.3 is 29.2 Å². The second-order valence-corrected chi connectivity index (χ2v) is 13.6. The summed E-state index contributed by atoms with van der Waals surface area (Å²) in [4.78, 5) is 40.8. The van der Waals surface area contributed by atoms with Crippen LogP contribution < -0.4 is 0 Å². The van der Waals surface area contributed by atoms with Crippen molar-refractivity contribution in [2.75, 3.05) is 32.8 Å². The summed E-state index contributed by atoms with van der Waals surface area (Å²) < 4.78 is 11.7. The summed E-state index contributed by atoms with van der Waals surface area (Å²) in [6, 6.07) is 6.62. The van der Waals surface area contributed by atoms with Gasteiger partial charge in [-0.2, -0.15) is 0 Å². The van der Waals surface area contributed by atoms with E-state index >= 15 is 0 Å². The Morgan fingerprint density at radius 3 is 2.67 bits per heavy atom. The summed E-state index contributed by atoms with van der Waals surface area (Å²) in [5.74, 6) is 0. The van der Waals surface area contributed by atoms with Gasteiger partial charge >= 0.3 is 12.1 Å². The maximum atomic E-state index is 13.7. The predicted molar refractivity (Wildman–Crippen MR) is 162 cm³/mol. The van der Waals surface area contributed by atoms with Crippen LogP contribution in [0.4, 0.5) is 9.59 Å². The van der Waals surface area contributed by atoms with Crippen LogP contribution in [0.3, 0.4) is 0 Å². The average molecular weight is 574 g/mol. The van der Waals surface area contributed by atoms with Crippen molar-refractivity contribution >= 4 is 23.2 Å². The molecule has 3 aliphatic heterocycles. The molecule has 2 fully saturated rings. The lowest BCUT2D eigenvalue weighted by molar-refractivity contribution is -0.0767. The van der Waals surface area contributed by atoms with Crippen molar-refractivity contribution in [3.05, 3.63) is 52.8 Å². The topological polar surface area (TPSA) is 91.0 Å². The lowest BCUT2D eigenvalue weighted by Crippen LogP contribution is -2.55. The number of pyridine rings is 1. The smallest absolute Gasteiger partial charge is 0.410 e. The van der Waals surface area contributed by atoms with Gasteiger partial charge in [0.25, 0.3) is 0 Å². The van der Waals surface area contributed by atoms with E-state index in [1.54, 1.807) is 0 Å². The molecule has 224 valence electrons. The number of aromatic nitrogens is 2. The summed E-state index contributed by atoms with van der Waals surface area (Å²) >= 11 is 0. The van der Waals surface area contributed by atoms with Gasteiger partial charge in [-0.3, -0.25) is 0 Å². The number of carbonyl (C=O) groups is 2. The van der Waals surface area contributed by atoms with E-state index in [1.807, 2.05) is 61.7 Å². The number of nitrogens with zero attached hydrogens (tertiary/aromatic N) is 4. The van der Waals surface area contributed by atoms with E-state index in [2.05, 4.69) is 30.1 Å². The van der Waals surface area contributed by atoms with Crippen molar-refractivity contribution in [2.24, 2.45) is 0 Å². The van der Waals surface area contributed by atoms with Gasteiger partial charge in [0.1, 0.15) is 11.2 Å². The summed E-state index contributed by atoms with van der Waals surface area (Å²) in [5, 5.41) is 1.10. The van der Waals surface area contributed by atoms with E-state index in [0.717, 1.165) is 58.1 Å². The van der Waals surface area contributed by atoms with Crippen LogP contribution in [0.25, 0.3) is 22.2 Å². The summed E-state index contributed by atoms with van der Waals surface area (Å²) in [6.45, 7) is 15.4. The number of fused-ring (bicyclic) bond motifs is 2. The monoisotopic (exact) mass is 573 g/mol. The number of aromatic amines is 1. The molecule has 1 N–H and O–H groups in total. The number of carbonyl (C=O) groups excluding carboxylic acids is 2. The largest absolute Gasteiger partial charge is 0.444 e. The van der Waals surface area contributed by atoms with Crippen molar-refractivity contribution in [3.8, 4) is 11.1 Å². The molecule has 6 rings (SSSR count). The van der Waals surface area contributed by atoms with E-state index in [-0.39, 0.29) is 23.8 Å². The molecule has 1 atom stereocenters. The molecule has 42 heavy (non-hydrogen) atoms. The molecule has 1 aromatic carbocycles. The minimum atomic E-state index is -0.573. The molecule has 0 spiro atoms. The Balaban J connectivity index is 1.39. The quantitative estimate of drug-likeness (QED) is 0.394. The molecule has 1 unspecified atom stereocenters. The lowest BCUT2D eigenvalue weighted by Gasteiger charge is -2.42. The number of morpholine rings is 1. The normalized spacial score (nSPS) is 20.6. The molecule has 0 bridgehead atoms. The summed E-state index contributed by atoms with van der Waals surface area (Å²) in [6.07, 6.45) is 6.14. The maximum Gasteiger partial charge on any atom is 0.410 e. The number of aryl methyl sites for hydroxylation is 1. The average Bonchev–Trinajstić information content (AvgIpc) is 3.57. The molecule has 0 aliphatic carbocycles. The van der Waals surface area contributed by atoms with E-state index < -0.39 is 5.60 Å². The first-order chi connectivity index (χ1) is 19.9. The third-order valence-electron chi connectivity index (χ3n) is 8.65. The van der Waals surface area contributed by atoms with Crippen molar-refractivity contribution in [3.63, 3.8) is 0 Å². The number of amides is 3. The van der Waals surface area contributed by atoms with Crippen LogP contribution in [0.2, 0.25) is 0 Å². The molecule has 9 nitrogen and oxygen atoms in total. The number of hydrogen-bond acceptors (Lipinski definition) is 5. The third-order valence-corrected chi connectivity index (χ3v) is 8.65. The SMILES string of the molecule is Cc1c[nH]c2ncc(-c3cc4c(c(C5CCCN5C(=O)OC(C)(C)C)c3)CN(C(=O)N3CCOC(C)(C)C3)CC4)cc12. The number of ether oxygens (including phenoxy) is 2. The molecule has 0 radical (unpaired) electrons. The van der Waals surface area contributed by atoms with Gasteiger partial charge in [-0.1, -0.05) is 6.07 Å². The van der Waals surface area contributed by atoms with E-state index in [4.69, 9.17) is 14.5 Å². The minimum Gasteiger partial charge on any atom is -0.444 e. The van der Waals surface area contributed by atoms with Gasteiger partial charge in [0, 0.05) is 49.5 Å². The van der Waals surface area contributed by atoms with Crippen LogP contribution in [-0.4, -0.2) is 80.8 Å². The Labute approximate surface area is 248 Å². The van der Waals surface area contributed by atoms with Crippen LogP contribution in [0.5, 0.6) is 0 Å². The Hall–Kier alpha value is -3.59. The zero-order chi connectivity index (χ0) is 29.8. The highest BCUT2D eigenvalue weighted by Gasteiger charge is 2.38. The predicted octanol–water partition coefficient (Wildman–Crippen LogP) is 6.20. The molecule has 2 saturated heterocycles. The molecule has 5 heterocycles. The summed E-state index contributed by atoms with van der Waals surface area (Å²) in [5.41, 5.74) is 6.73. The van der Waals surface area contributed by atoms with Crippen LogP contribution in [0, 0.1) is 6.92 Å². The molecule has 3 aromatic rings. The number of rotatable bonds is 2. The van der Waals surface area contributed by atoms with Crippen molar-refractivity contribution in [1.82, 2.24) is 24.7 Å². The molecule has 3 aliphatic rings. The number of H-pyrrole nitrogens is 1. The van der Waals surface area contributed by atoms with Crippen molar-refractivity contribution in [2.45, 2.75) is 84.6 Å². The number of urea groups is 1. The fraction of sp³-hybridized carbons (Fsp3) is 0.545. The maximum absolute atomic E-state index is 13.7. The van der Waals surface area contributed by atoms with Gasteiger partial charge in [-0.25, -0.2) is 14.6 Å². The Bertz CT molecular complexity index is 1520. The number of nitrogens with one attached hydrogen (secondary N) is 1.